The van der Waals surface area contributed by atoms with E-state index in [0.29, 0.717) is 11.5 Å². The molecule has 0 aliphatic carbocycles. The summed E-state index contributed by atoms with van der Waals surface area (Å²) in [6.07, 6.45) is 0. The average Bonchev–Trinajstić information content (AvgIpc) is 2.59. The second kappa shape index (κ2) is 7.14. The Bertz CT molecular complexity index is 707. The van der Waals surface area contributed by atoms with E-state index in [1.165, 1.54) is 21.7 Å². The van der Waals surface area contributed by atoms with E-state index in [-0.39, 0.29) is 0 Å². The number of aromatic hydroxyl groups is 1. The number of phenolic OH excluding ortho intramolecular Hbond substituents is 1. The number of benzene rings is 2. The molecular formula is C20H27N2O2+. The number of ether oxygens (including phenoxy) is 1. The number of phenols is 1. The van der Waals surface area contributed by atoms with E-state index >= 15 is 0 Å². The Balaban J connectivity index is 1.62. The number of piperazine rings is 1. The monoisotopic (exact) mass is 327 g/mol. The summed E-state index contributed by atoms with van der Waals surface area (Å²) in [7, 11) is 1.62. The number of nitrogens with zero attached hydrogens (tertiary/aromatic N) is 1. The van der Waals surface area contributed by atoms with Gasteiger partial charge in [-0.25, -0.2) is 0 Å². The molecular weight excluding hydrogens is 300 g/mol. The fourth-order valence-corrected chi connectivity index (χ4v) is 3.39. The fourth-order valence-electron chi connectivity index (χ4n) is 3.39. The van der Waals surface area contributed by atoms with Gasteiger partial charge in [0.2, 0.25) is 0 Å². The van der Waals surface area contributed by atoms with Gasteiger partial charge in [0.05, 0.1) is 33.3 Å². The molecule has 1 aliphatic heterocycles. The number of aryl methyl sites for hydroxylation is 2. The smallest absolute Gasteiger partial charge is 0.128 e. The molecule has 4 heteroatoms. The number of hydrogen-bond donors (Lipinski definition) is 2. The molecule has 2 aromatic rings. The third kappa shape index (κ3) is 3.65. The van der Waals surface area contributed by atoms with Crippen LogP contribution in [0.25, 0.3) is 0 Å². The van der Waals surface area contributed by atoms with Gasteiger partial charge in [0.25, 0.3) is 0 Å². The van der Waals surface area contributed by atoms with Crippen molar-refractivity contribution in [2.75, 3.05) is 38.2 Å². The molecule has 1 heterocycles. The number of rotatable bonds is 4. The van der Waals surface area contributed by atoms with E-state index in [1.54, 1.807) is 13.2 Å². The maximum atomic E-state index is 10.1. The van der Waals surface area contributed by atoms with Crippen LogP contribution in [0.15, 0.2) is 36.4 Å². The Hall–Kier alpha value is -2.20. The quantitative estimate of drug-likeness (QED) is 0.901. The molecule has 1 aliphatic rings. The minimum absolute atomic E-state index is 0.332. The van der Waals surface area contributed by atoms with Crippen LogP contribution in [0.4, 0.5) is 5.69 Å². The minimum Gasteiger partial charge on any atom is -0.507 e. The highest BCUT2D eigenvalue weighted by Gasteiger charge is 2.22. The van der Waals surface area contributed by atoms with Crippen LogP contribution in [-0.2, 0) is 6.54 Å². The Morgan fingerprint density at radius 1 is 1.08 bits per heavy atom. The second-order valence-corrected chi connectivity index (χ2v) is 6.70. The van der Waals surface area contributed by atoms with Crippen LogP contribution in [0.2, 0.25) is 0 Å². The Morgan fingerprint density at radius 2 is 1.83 bits per heavy atom. The first-order valence-corrected chi connectivity index (χ1v) is 8.58. The summed E-state index contributed by atoms with van der Waals surface area (Å²) < 4.78 is 5.15. The van der Waals surface area contributed by atoms with E-state index in [9.17, 15) is 5.11 Å². The number of quaternary nitrogens is 1. The third-order valence-electron chi connectivity index (χ3n) is 4.91. The topological polar surface area (TPSA) is 37.1 Å². The van der Waals surface area contributed by atoms with Gasteiger partial charge in [-0.2, -0.15) is 0 Å². The van der Waals surface area contributed by atoms with Crippen LogP contribution < -0.4 is 14.5 Å². The summed E-state index contributed by atoms with van der Waals surface area (Å²) in [6, 6.07) is 12.3. The molecule has 0 radical (unpaired) electrons. The van der Waals surface area contributed by atoms with Crippen LogP contribution in [-0.4, -0.2) is 38.4 Å². The van der Waals surface area contributed by atoms with E-state index < -0.39 is 0 Å². The predicted molar refractivity (Wildman–Crippen MR) is 97.2 cm³/mol. The zero-order valence-electron chi connectivity index (χ0n) is 14.8. The second-order valence-electron chi connectivity index (χ2n) is 6.70. The van der Waals surface area contributed by atoms with Gasteiger partial charge in [-0.3, -0.25) is 0 Å². The van der Waals surface area contributed by atoms with Crippen molar-refractivity contribution in [3.8, 4) is 11.5 Å². The minimum atomic E-state index is 0.332. The largest absolute Gasteiger partial charge is 0.507 e. The van der Waals surface area contributed by atoms with Crippen LogP contribution in [0.5, 0.6) is 11.5 Å². The summed E-state index contributed by atoms with van der Waals surface area (Å²) in [4.78, 5) is 4.00. The van der Waals surface area contributed by atoms with Crippen molar-refractivity contribution in [1.29, 1.82) is 0 Å². The van der Waals surface area contributed by atoms with Crippen molar-refractivity contribution in [1.82, 2.24) is 0 Å². The van der Waals surface area contributed by atoms with E-state index in [0.717, 1.165) is 38.3 Å². The highest BCUT2D eigenvalue weighted by Crippen LogP contribution is 2.23. The molecule has 1 fully saturated rings. The first-order chi connectivity index (χ1) is 11.6. The molecule has 128 valence electrons. The third-order valence-corrected chi connectivity index (χ3v) is 4.91. The summed E-state index contributed by atoms with van der Waals surface area (Å²) in [5.41, 5.74) is 5.01. The summed E-state index contributed by atoms with van der Waals surface area (Å²) in [5.74, 6) is 1.03. The number of nitrogens with one attached hydrogen (secondary N) is 1. The van der Waals surface area contributed by atoms with Gasteiger partial charge in [0, 0.05) is 17.3 Å². The fraction of sp³-hybridized carbons (Fsp3) is 0.400. The van der Waals surface area contributed by atoms with Gasteiger partial charge in [-0.05, 0) is 43.2 Å². The van der Waals surface area contributed by atoms with Crippen LogP contribution in [0, 0.1) is 13.8 Å². The van der Waals surface area contributed by atoms with Crippen molar-refractivity contribution in [2.24, 2.45) is 0 Å². The Labute approximate surface area is 144 Å². The van der Waals surface area contributed by atoms with Gasteiger partial charge < -0.3 is 19.6 Å². The number of anilines is 1. The van der Waals surface area contributed by atoms with E-state index in [2.05, 4.69) is 36.9 Å². The van der Waals surface area contributed by atoms with E-state index in [4.69, 9.17) is 4.74 Å². The maximum absolute atomic E-state index is 10.1. The lowest BCUT2D eigenvalue weighted by molar-refractivity contribution is -0.914. The molecule has 0 bridgehead atoms. The molecule has 0 aromatic heterocycles. The molecule has 0 atom stereocenters. The SMILES string of the molecule is COc1ccc(C[NH+]2CCN(c3cc(C)ccc3C)CC2)c(O)c1. The molecule has 0 saturated carbocycles. The van der Waals surface area contributed by atoms with Gasteiger partial charge >= 0.3 is 0 Å². The van der Waals surface area contributed by atoms with Crippen molar-refractivity contribution in [3.63, 3.8) is 0 Å². The molecule has 2 aromatic carbocycles. The summed E-state index contributed by atoms with van der Waals surface area (Å²) in [6.45, 7) is 9.46. The molecule has 0 unspecified atom stereocenters. The molecule has 0 spiro atoms. The zero-order chi connectivity index (χ0) is 17.1. The van der Waals surface area contributed by atoms with Gasteiger partial charge in [-0.15, -0.1) is 0 Å². The van der Waals surface area contributed by atoms with Gasteiger partial charge in [0.15, 0.2) is 0 Å². The van der Waals surface area contributed by atoms with Gasteiger partial charge in [-0.1, -0.05) is 12.1 Å². The zero-order valence-corrected chi connectivity index (χ0v) is 14.8. The van der Waals surface area contributed by atoms with Crippen LogP contribution >= 0.6 is 0 Å². The predicted octanol–water partition coefficient (Wildman–Crippen LogP) is 1.92. The van der Waals surface area contributed by atoms with E-state index in [1.807, 2.05) is 12.1 Å². The summed E-state index contributed by atoms with van der Waals surface area (Å²) >= 11 is 0. The molecule has 1 saturated heterocycles. The Morgan fingerprint density at radius 3 is 2.50 bits per heavy atom. The lowest BCUT2D eigenvalue weighted by Crippen LogP contribution is -3.13. The first-order valence-electron chi connectivity index (χ1n) is 8.58. The van der Waals surface area contributed by atoms with Crippen molar-refractivity contribution in [2.45, 2.75) is 20.4 Å². The van der Waals surface area contributed by atoms with Crippen molar-refractivity contribution < 1.29 is 14.7 Å². The average molecular weight is 327 g/mol. The van der Waals surface area contributed by atoms with Crippen LogP contribution in [0.3, 0.4) is 0 Å². The molecule has 24 heavy (non-hydrogen) atoms. The molecule has 4 nitrogen and oxygen atoms in total. The highest BCUT2D eigenvalue weighted by atomic mass is 16.5. The number of methoxy groups -OCH3 is 1. The maximum Gasteiger partial charge on any atom is 0.128 e. The Kier molecular flexibility index (Phi) is 4.95. The normalized spacial score (nSPS) is 15.5. The molecule has 3 rings (SSSR count). The first kappa shape index (κ1) is 16.7. The number of hydrogen-bond acceptors (Lipinski definition) is 3. The standard InChI is InChI=1S/C20H26N2O2/c1-15-4-5-16(2)19(12-15)22-10-8-21(9-11-22)14-17-6-7-18(24-3)13-20(17)23/h4-7,12-13,23H,8-11,14H2,1-3H3/p+1. The summed E-state index contributed by atoms with van der Waals surface area (Å²) in [5, 5.41) is 10.1. The lowest BCUT2D eigenvalue weighted by atomic mass is 10.1. The van der Waals surface area contributed by atoms with Crippen LogP contribution in [0.1, 0.15) is 16.7 Å². The van der Waals surface area contributed by atoms with Crippen molar-refractivity contribution in [3.05, 3.63) is 53.1 Å². The highest BCUT2D eigenvalue weighted by molar-refractivity contribution is 5.55. The molecule has 0 amide bonds. The van der Waals surface area contributed by atoms with Crippen molar-refractivity contribution >= 4 is 5.69 Å². The molecule has 2 N–H and O–H groups in total. The van der Waals surface area contributed by atoms with Gasteiger partial charge in [0.1, 0.15) is 18.0 Å². The lowest BCUT2D eigenvalue weighted by Gasteiger charge is -2.34.